The summed E-state index contributed by atoms with van der Waals surface area (Å²) in [6.07, 6.45) is 0.243. The Morgan fingerprint density at radius 3 is 2.23 bits per heavy atom. The van der Waals surface area contributed by atoms with Crippen LogP contribution >= 0.6 is 0 Å². The number of carbonyl (C=O) groups excluding carboxylic acids is 2. The summed E-state index contributed by atoms with van der Waals surface area (Å²) < 4.78 is 37.6. The lowest BCUT2D eigenvalue weighted by Crippen LogP contribution is -2.59. The van der Waals surface area contributed by atoms with Crippen LogP contribution in [0.25, 0.3) is 0 Å². The zero-order valence-corrected chi connectivity index (χ0v) is 26.9. The summed E-state index contributed by atoms with van der Waals surface area (Å²) in [5.41, 5.74) is 0.749. The van der Waals surface area contributed by atoms with E-state index >= 15 is 0 Å². The number of hydrogen-bond donors (Lipinski definition) is 0. The maximum absolute atomic E-state index is 14.0. The van der Waals surface area contributed by atoms with Crippen molar-refractivity contribution in [3.8, 4) is 5.75 Å². The van der Waals surface area contributed by atoms with E-state index in [1.165, 1.54) is 18.1 Å². The number of benzene rings is 3. The average molecular weight is 608 g/mol. The van der Waals surface area contributed by atoms with Crippen LogP contribution in [-0.2, 0) is 31.9 Å². The van der Waals surface area contributed by atoms with Crippen molar-refractivity contribution in [2.45, 2.75) is 76.5 Å². The van der Waals surface area contributed by atoms with Gasteiger partial charge in [0.15, 0.2) is 13.9 Å². The van der Waals surface area contributed by atoms with Crippen LogP contribution < -0.4 is 4.74 Å². The Kier molecular flexibility index (Phi) is 9.97. The third kappa shape index (κ3) is 7.28. The van der Waals surface area contributed by atoms with E-state index in [2.05, 4.69) is 33.9 Å². The molecule has 0 saturated carbocycles. The lowest BCUT2D eigenvalue weighted by atomic mass is 9.97. The van der Waals surface area contributed by atoms with Gasteiger partial charge in [-0.05, 0) is 60.3 Å². The van der Waals surface area contributed by atoms with Crippen molar-refractivity contribution in [3.05, 3.63) is 101 Å². The van der Waals surface area contributed by atoms with Crippen LogP contribution in [0, 0.1) is 5.82 Å². The molecule has 0 radical (unpaired) electrons. The Hall–Kier alpha value is -3.69. The molecule has 9 heteroatoms. The molecule has 1 unspecified atom stereocenters. The first-order chi connectivity index (χ1) is 20.4. The molecule has 230 valence electrons. The van der Waals surface area contributed by atoms with E-state index < -0.39 is 32.0 Å². The SMILES string of the molecule is COC(=O)[C@]1(CO[Si](C)(C)C(C)(C)C)CCC(c2ccc(OCc3ccccc3F)cc2)N1C(=O)OCc1ccccc1. The van der Waals surface area contributed by atoms with Gasteiger partial charge in [-0.2, -0.15) is 0 Å². The van der Waals surface area contributed by atoms with Gasteiger partial charge in [-0.1, -0.05) is 81.4 Å². The van der Waals surface area contributed by atoms with Gasteiger partial charge in [0.1, 0.15) is 24.8 Å². The fourth-order valence-corrected chi connectivity index (χ4v) is 6.03. The van der Waals surface area contributed by atoms with Gasteiger partial charge in [-0.15, -0.1) is 0 Å². The van der Waals surface area contributed by atoms with Crippen molar-refractivity contribution in [1.29, 1.82) is 0 Å². The number of halogens is 1. The van der Waals surface area contributed by atoms with E-state index in [1.807, 2.05) is 42.5 Å². The van der Waals surface area contributed by atoms with E-state index in [0.29, 0.717) is 24.2 Å². The van der Waals surface area contributed by atoms with Crippen LogP contribution in [0.2, 0.25) is 18.1 Å². The summed E-state index contributed by atoms with van der Waals surface area (Å²) >= 11 is 0. The number of esters is 1. The van der Waals surface area contributed by atoms with Gasteiger partial charge >= 0.3 is 12.1 Å². The number of ether oxygens (including phenoxy) is 3. The maximum Gasteiger partial charge on any atom is 0.411 e. The molecular formula is C34H42FNO6Si. The lowest BCUT2D eigenvalue weighted by molar-refractivity contribution is -0.155. The molecule has 0 aliphatic carbocycles. The minimum Gasteiger partial charge on any atom is -0.489 e. The average Bonchev–Trinajstić information content (AvgIpc) is 3.39. The second-order valence-electron chi connectivity index (χ2n) is 12.5. The highest BCUT2D eigenvalue weighted by atomic mass is 28.4. The smallest absolute Gasteiger partial charge is 0.411 e. The van der Waals surface area contributed by atoms with Gasteiger partial charge in [0, 0.05) is 5.56 Å². The summed E-state index contributed by atoms with van der Waals surface area (Å²) in [4.78, 5) is 29.0. The monoisotopic (exact) mass is 607 g/mol. The first kappa shape index (κ1) is 32.2. The summed E-state index contributed by atoms with van der Waals surface area (Å²) in [5.74, 6) is -0.298. The van der Waals surface area contributed by atoms with Crippen molar-refractivity contribution >= 4 is 20.4 Å². The summed E-state index contributed by atoms with van der Waals surface area (Å²) in [7, 11) is -0.961. The lowest BCUT2D eigenvalue weighted by Gasteiger charge is -2.42. The number of carbonyl (C=O) groups is 2. The zero-order valence-electron chi connectivity index (χ0n) is 25.9. The summed E-state index contributed by atoms with van der Waals surface area (Å²) in [5, 5.41) is -0.0978. The number of methoxy groups -OCH3 is 1. The van der Waals surface area contributed by atoms with Gasteiger partial charge in [-0.3, -0.25) is 4.90 Å². The van der Waals surface area contributed by atoms with Gasteiger partial charge in [0.05, 0.1) is 19.8 Å². The fourth-order valence-electron chi connectivity index (χ4n) is 5.00. The Morgan fingerprint density at radius 1 is 0.953 bits per heavy atom. The number of likely N-dealkylation sites (tertiary alicyclic amines) is 1. The molecule has 1 saturated heterocycles. The van der Waals surface area contributed by atoms with Crippen molar-refractivity contribution < 1.29 is 32.6 Å². The second kappa shape index (κ2) is 13.3. The molecule has 1 fully saturated rings. The molecule has 43 heavy (non-hydrogen) atoms. The van der Waals surface area contributed by atoms with Gasteiger partial charge in [-0.25, -0.2) is 14.0 Å². The molecule has 3 aromatic carbocycles. The highest BCUT2D eigenvalue weighted by Crippen LogP contribution is 2.46. The predicted molar refractivity (Wildman–Crippen MR) is 166 cm³/mol. The number of amides is 1. The molecule has 4 rings (SSSR count). The molecule has 1 heterocycles. The molecule has 1 aliphatic heterocycles. The zero-order chi connectivity index (χ0) is 31.3. The van der Waals surface area contributed by atoms with E-state index in [9.17, 15) is 14.0 Å². The summed E-state index contributed by atoms with van der Waals surface area (Å²) in [6, 6.07) is 22.7. The molecule has 3 aromatic rings. The standard InChI is InChI=1S/C34H42FNO6Si/c1-33(2,3)43(5,6)42-24-34(31(37)39-4)21-20-30(36(34)32(38)41-22-25-12-8-7-9-13-25)26-16-18-28(19-17-26)40-23-27-14-10-11-15-29(27)35/h7-19,30H,20-24H2,1-6H3/t30?,34-/m1/s1. The molecule has 0 bridgehead atoms. The highest BCUT2D eigenvalue weighted by molar-refractivity contribution is 6.74. The first-order valence-corrected chi connectivity index (χ1v) is 17.5. The number of hydrogen-bond acceptors (Lipinski definition) is 6. The molecule has 7 nitrogen and oxygen atoms in total. The first-order valence-electron chi connectivity index (χ1n) is 14.6. The second-order valence-corrected chi connectivity index (χ2v) is 17.3. The topological polar surface area (TPSA) is 74.3 Å². The van der Waals surface area contributed by atoms with E-state index in [-0.39, 0.29) is 30.7 Å². The third-order valence-electron chi connectivity index (χ3n) is 8.67. The Bertz CT molecular complexity index is 1390. The van der Waals surface area contributed by atoms with Crippen LogP contribution in [0.3, 0.4) is 0 Å². The molecule has 2 atom stereocenters. The van der Waals surface area contributed by atoms with Crippen molar-refractivity contribution in [1.82, 2.24) is 4.90 Å². The van der Waals surface area contributed by atoms with Gasteiger partial charge < -0.3 is 18.6 Å². The van der Waals surface area contributed by atoms with Crippen LogP contribution in [0.15, 0.2) is 78.9 Å². The molecule has 0 aromatic heterocycles. The quantitative estimate of drug-likeness (QED) is 0.173. The largest absolute Gasteiger partial charge is 0.489 e. The van der Waals surface area contributed by atoms with Crippen LogP contribution in [-0.4, -0.2) is 44.5 Å². The van der Waals surface area contributed by atoms with Crippen molar-refractivity contribution in [2.24, 2.45) is 0 Å². The Morgan fingerprint density at radius 2 is 1.60 bits per heavy atom. The van der Waals surface area contributed by atoms with E-state index in [4.69, 9.17) is 18.6 Å². The van der Waals surface area contributed by atoms with Gasteiger partial charge in [0.2, 0.25) is 0 Å². The number of rotatable bonds is 10. The van der Waals surface area contributed by atoms with Gasteiger partial charge in [0.25, 0.3) is 0 Å². The summed E-state index contributed by atoms with van der Waals surface area (Å²) in [6.45, 7) is 10.8. The minimum absolute atomic E-state index is 0.0109. The van der Waals surface area contributed by atoms with E-state index in [0.717, 1.165) is 11.1 Å². The normalized spacial score (nSPS) is 18.8. The van der Waals surface area contributed by atoms with Crippen LogP contribution in [0.1, 0.15) is 56.3 Å². The molecule has 0 spiro atoms. The van der Waals surface area contributed by atoms with Crippen LogP contribution in [0.5, 0.6) is 5.75 Å². The predicted octanol–water partition coefficient (Wildman–Crippen LogP) is 7.81. The minimum atomic E-state index is -2.29. The van der Waals surface area contributed by atoms with Crippen molar-refractivity contribution in [3.63, 3.8) is 0 Å². The third-order valence-corrected chi connectivity index (χ3v) is 13.1. The maximum atomic E-state index is 14.0. The Labute approximate surface area is 255 Å². The van der Waals surface area contributed by atoms with Crippen molar-refractivity contribution in [2.75, 3.05) is 13.7 Å². The molecule has 0 N–H and O–H groups in total. The number of nitrogens with zero attached hydrogens (tertiary/aromatic N) is 1. The van der Waals surface area contributed by atoms with E-state index in [1.54, 1.807) is 30.3 Å². The highest BCUT2D eigenvalue weighted by Gasteiger charge is 2.57. The molecule has 1 aliphatic rings. The molecular weight excluding hydrogens is 565 g/mol. The van der Waals surface area contributed by atoms with Crippen LogP contribution in [0.4, 0.5) is 9.18 Å². The Balaban J connectivity index is 1.62. The fraction of sp³-hybridized carbons (Fsp3) is 0.412. The molecule has 1 amide bonds.